The van der Waals surface area contributed by atoms with E-state index >= 15 is 0 Å². The van der Waals surface area contributed by atoms with Crippen LogP contribution < -0.4 is 5.32 Å². The fraction of sp³-hybridized carbons (Fsp3) is 0.467. The molecule has 0 radical (unpaired) electrons. The molecule has 0 atom stereocenters. The SMILES string of the molecule is CC(=CCCNC(C)(C)C)c1c(F)cccc1F. The van der Waals surface area contributed by atoms with E-state index in [0.29, 0.717) is 5.57 Å². The highest BCUT2D eigenvalue weighted by atomic mass is 19.1. The molecule has 0 saturated heterocycles. The molecule has 0 aromatic heterocycles. The number of halogens is 2. The molecule has 0 aliphatic carbocycles. The number of hydrogen-bond donors (Lipinski definition) is 1. The second kappa shape index (κ2) is 6.10. The third kappa shape index (κ3) is 4.57. The second-order valence-electron chi connectivity index (χ2n) is 5.45. The van der Waals surface area contributed by atoms with Gasteiger partial charge in [0, 0.05) is 11.1 Å². The molecule has 0 fully saturated rings. The smallest absolute Gasteiger partial charge is 0.133 e. The van der Waals surface area contributed by atoms with Crippen LogP contribution in [0.3, 0.4) is 0 Å². The number of allylic oxidation sites excluding steroid dienone is 1. The summed E-state index contributed by atoms with van der Waals surface area (Å²) in [6, 6.07) is 3.94. The molecule has 1 rings (SSSR count). The first-order valence-electron chi connectivity index (χ1n) is 6.17. The number of hydrogen-bond acceptors (Lipinski definition) is 1. The summed E-state index contributed by atoms with van der Waals surface area (Å²) >= 11 is 0. The van der Waals surface area contributed by atoms with Gasteiger partial charge in [0.1, 0.15) is 11.6 Å². The van der Waals surface area contributed by atoms with Gasteiger partial charge in [-0.2, -0.15) is 0 Å². The summed E-state index contributed by atoms with van der Waals surface area (Å²) in [5, 5.41) is 3.33. The molecule has 0 unspecified atom stereocenters. The van der Waals surface area contributed by atoms with Gasteiger partial charge in [0.05, 0.1) is 0 Å². The largest absolute Gasteiger partial charge is 0.312 e. The molecule has 18 heavy (non-hydrogen) atoms. The summed E-state index contributed by atoms with van der Waals surface area (Å²) in [6.07, 6.45) is 2.61. The summed E-state index contributed by atoms with van der Waals surface area (Å²) in [5.74, 6) is -1.01. The Morgan fingerprint density at radius 3 is 2.28 bits per heavy atom. The van der Waals surface area contributed by atoms with Crippen LogP contribution in [0, 0.1) is 11.6 Å². The van der Waals surface area contributed by atoms with E-state index in [2.05, 4.69) is 26.1 Å². The molecule has 0 amide bonds. The van der Waals surface area contributed by atoms with Crippen molar-refractivity contribution < 1.29 is 8.78 Å². The first kappa shape index (κ1) is 14.8. The van der Waals surface area contributed by atoms with Gasteiger partial charge in [-0.25, -0.2) is 8.78 Å². The summed E-state index contributed by atoms with van der Waals surface area (Å²) < 4.78 is 27.0. The zero-order valence-corrected chi connectivity index (χ0v) is 11.5. The molecule has 1 N–H and O–H groups in total. The molecular formula is C15H21F2N. The van der Waals surface area contributed by atoms with E-state index in [-0.39, 0.29) is 11.1 Å². The van der Waals surface area contributed by atoms with Crippen LogP contribution in [-0.4, -0.2) is 12.1 Å². The Balaban J connectivity index is 2.67. The molecule has 0 aliphatic rings. The number of benzene rings is 1. The molecule has 0 saturated carbocycles. The Morgan fingerprint density at radius 1 is 1.22 bits per heavy atom. The molecule has 0 aliphatic heterocycles. The van der Waals surface area contributed by atoms with Crippen molar-refractivity contribution >= 4 is 5.57 Å². The van der Waals surface area contributed by atoms with E-state index in [1.54, 1.807) is 6.92 Å². The van der Waals surface area contributed by atoms with Crippen molar-refractivity contribution in [2.75, 3.05) is 6.54 Å². The van der Waals surface area contributed by atoms with Gasteiger partial charge in [-0.05, 0) is 58.4 Å². The Hall–Kier alpha value is -1.22. The van der Waals surface area contributed by atoms with E-state index in [1.165, 1.54) is 18.2 Å². The normalized spacial score (nSPS) is 12.9. The van der Waals surface area contributed by atoms with Crippen LogP contribution in [0.15, 0.2) is 24.3 Å². The molecule has 1 aromatic rings. The lowest BCUT2D eigenvalue weighted by molar-refractivity contribution is 0.431. The first-order valence-corrected chi connectivity index (χ1v) is 6.17. The van der Waals surface area contributed by atoms with Crippen LogP contribution in [-0.2, 0) is 0 Å². The summed E-state index contributed by atoms with van der Waals surface area (Å²) in [7, 11) is 0. The van der Waals surface area contributed by atoms with Crippen LogP contribution in [0.4, 0.5) is 8.78 Å². The minimum absolute atomic E-state index is 0.0605. The fourth-order valence-corrected chi connectivity index (χ4v) is 1.71. The Kier molecular flexibility index (Phi) is 5.03. The third-order valence-corrected chi connectivity index (χ3v) is 2.61. The fourth-order valence-electron chi connectivity index (χ4n) is 1.71. The van der Waals surface area contributed by atoms with E-state index < -0.39 is 11.6 Å². The van der Waals surface area contributed by atoms with Gasteiger partial charge in [0.2, 0.25) is 0 Å². The van der Waals surface area contributed by atoms with Crippen molar-refractivity contribution in [2.45, 2.75) is 39.7 Å². The van der Waals surface area contributed by atoms with Crippen molar-refractivity contribution in [1.82, 2.24) is 5.32 Å². The predicted octanol–water partition coefficient (Wildman–Crippen LogP) is 4.15. The standard InChI is InChI=1S/C15H21F2N/c1-11(7-6-10-18-15(2,3)4)14-12(16)8-5-9-13(14)17/h5,7-9,18H,6,10H2,1-4H3. The minimum atomic E-state index is -0.507. The summed E-state index contributed by atoms with van der Waals surface area (Å²) in [4.78, 5) is 0. The highest BCUT2D eigenvalue weighted by Crippen LogP contribution is 2.21. The molecule has 100 valence electrons. The molecule has 3 heteroatoms. The third-order valence-electron chi connectivity index (χ3n) is 2.61. The average Bonchev–Trinajstić information content (AvgIpc) is 2.23. The van der Waals surface area contributed by atoms with Crippen LogP contribution in [0.2, 0.25) is 0 Å². The Bertz CT molecular complexity index is 410. The Morgan fingerprint density at radius 2 is 1.78 bits per heavy atom. The highest BCUT2D eigenvalue weighted by Gasteiger charge is 2.10. The predicted molar refractivity (Wildman–Crippen MR) is 72.4 cm³/mol. The Labute approximate surface area is 108 Å². The van der Waals surface area contributed by atoms with Crippen molar-refractivity contribution in [3.05, 3.63) is 41.5 Å². The first-order chi connectivity index (χ1) is 8.31. The van der Waals surface area contributed by atoms with E-state index in [1.807, 2.05) is 6.08 Å². The summed E-state index contributed by atoms with van der Waals surface area (Å²) in [5.41, 5.74) is 0.778. The average molecular weight is 253 g/mol. The maximum Gasteiger partial charge on any atom is 0.133 e. The zero-order chi connectivity index (χ0) is 13.8. The van der Waals surface area contributed by atoms with Crippen molar-refractivity contribution in [3.63, 3.8) is 0 Å². The van der Waals surface area contributed by atoms with Gasteiger partial charge in [-0.15, -0.1) is 0 Å². The number of nitrogens with one attached hydrogen (secondary N) is 1. The lowest BCUT2D eigenvalue weighted by atomic mass is 10.0. The van der Waals surface area contributed by atoms with Crippen LogP contribution >= 0.6 is 0 Å². The topological polar surface area (TPSA) is 12.0 Å². The van der Waals surface area contributed by atoms with Crippen molar-refractivity contribution in [1.29, 1.82) is 0 Å². The van der Waals surface area contributed by atoms with Crippen molar-refractivity contribution in [2.24, 2.45) is 0 Å². The second-order valence-corrected chi connectivity index (χ2v) is 5.45. The van der Waals surface area contributed by atoms with Crippen molar-refractivity contribution in [3.8, 4) is 0 Å². The minimum Gasteiger partial charge on any atom is -0.312 e. The van der Waals surface area contributed by atoms with E-state index in [4.69, 9.17) is 0 Å². The van der Waals surface area contributed by atoms with Gasteiger partial charge >= 0.3 is 0 Å². The lowest BCUT2D eigenvalue weighted by Crippen LogP contribution is -2.36. The molecule has 1 nitrogen and oxygen atoms in total. The molecule has 1 aromatic carbocycles. The van der Waals surface area contributed by atoms with Gasteiger partial charge in [0.25, 0.3) is 0 Å². The molecule has 0 bridgehead atoms. The quantitative estimate of drug-likeness (QED) is 0.795. The molecule has 0 spiro atoms. The van der Waals surface area contributed by atoms with Gasteiger partial charge in [0.15, 0.2) is 0 Å². The molecular weight excluding hydrogens is 232 g/mol. The van der Waals surface area contributed by atoms with Gasteiger partial charge < -0.3 is 5.32 Å². The van der Waals surface area contributed by atoms with Crippen LogP contribution in [0.25, 0.3) is 5.57 Å². The summed E-state index contributed by atoms with van der Waals surface area (Å²) in [6.45, 7) is 8.77. The van der Waals surface area contributed by atoms with Gasteiger partial charge in [-0.1, -0.05) is 12.1 Å². The van der Waals surface area contributed by atoms with E-state index in [0.717, 1.165) is 13.0 Å². The maximum absolute atomic E-state index is 13.5. The zero-order valence-electron chi connectivity index (χ0n) is 11.5. The van der Waals surface area contributed by atoms with Crippen LogP contribution in [0.5, 0.6) is 0 Å². The van der Waals surface area contributed by atoms with Gasteiger partial charge in [-0.3, -0.25) is 0 Å². The monoisotopic (exact) mass is 253 g/mol. The van der Waals surface area contributed by atoms with Crippen LogP contribution in [0.1, 0.15) is 39.7 Å². The molecule has 0 heterocycles. The lowest BCUT2D eigenvalue weighted by Gasteiger charge is -2.19. The van der Waals surface area contributed by atoms with E-state index in [9.17, 15) is 8.78 Å². The maximum atomic E-state index is 13.5. The number of rotatable bonds is 4. The highest BCUT2D eigenvalue weighted by molar-refractivity contribution is 5.64.